The number of aryl methyl sites for hydroxylation is 1. The lowest BCUT2D eigenvalue weighted by Crippen LogP contribution is -2.49. The van der Waals surface area contributed by atoms with E-state index in [1.165, 1.54) is 35.2 Å². The van der Waals surface area contributed by atoms with Crippen LogP contribution in [-0.2, 0) is 11.8 Å². The Morgan fingerprint density at radius 1 is 1.03 bits per heavy atom. The van der Waals surface area contributed by atoms with E-state index in [0.29, 0.717) is 51.2 Å². The number of ether oxygens (including phenoxy) is 1. The zero-order chi connectivity index (χ0) is 40.4. The van der Waals surface area contributed by atoms with E-state index in [-0.39, 0.29) is 59.3 Å². The number of hydrogen-bond acceptors (Lipinski definition) is 11. The number of halogens is 2. The zero-order valence-corrected chi connectivity index (χ0v) is 33.1. The van der Waals surface area contributed by atoms with Gasteiger partial charge in [-0.05, 0) is 98.5 Å². The molecule has 14 nitrogen and oxygen atoms in total. The Balaban J connectivity index is 0.848. The summed E-state index contributed by atoms with van der Waals surface area (Å²) in [5.41, 5.74) is 2.14. The van der Waals surface area contributed by atoms with Gasteiger partial charge in [-0.3, -0.25) is 34.0 Å². The molecule has 0 radical (unpaired) electrons. The number of benzene rings is 3. The summed E-state index contributed by atoms with van der Waals surface area (Å²) >= 11 is 1.28. The van der Waals surface area contributed by atoms with Crippen LogP contribution in [0.1, 0.15) is 62.1 Å². The van der Waals surface area contributed by atoms with Gasteiger partial charge >= 0.3 is 6.03 Å². The molecule has 58 heavy (non-hydrogen) atoms. The highest BCUT2D eigenvalue weighted by Crippen LogP contribution is 2.56. The summed E-state index contributed by atoms with van der Waals surface area (Å²) in [5.74, 6) is -0.296. The van der Waals surface area contributed by atoms with Crippen LogP contribution in [0.25, 0.3) is 21.8 Å². The smallest absolute Gasteiger partial charge is 0.329 e. The van der Waals surface area contributed by atoms with E-state index in [1.807, 2.05) is 24.3 Å². The molecule has 3 amide bonds. The van der Waals surface area contributed by atoms with E-state index in [2.05, 4.69) is 31.1 Å². The third kappa shape index (κ3) is 6.72. The quantitative estimate of drug-likeness (QED) is 0.150. The summed E-state index contributed by atoms with van der Waals surface area (Å²) in [7, 11) is 3.66. The third-order valence-electron chi connectivity index (χ3n) is 12.4. The number of imide groups is 1. The molecule has 3 aromatic carbocycles. The fourth-order valence-corrected chi connectivity index (χ4v) is 9.65. The molecule has 2 aromatic heterocycles. The maximum absolute atomic E-state index is 15.8. The van der Waals surface area contributed by atoms with Gasteiger partial charge in [0.25, 0.3) is 5.56 Å². The van der Waals surface area contributed by atoms with Gasteiger partial charge in [-0.1, -0.05) is 6.92 Å². The minimum absolute atomic E-state index is 0.0171. The molecule has 2 N–H and O–H groups in total. The number of fused-ring (bicyclic) bond motifs is 3. The predicted octanol–water partition coefficient (Wildman–Crippen LogP) is 6.43. The lowest BCUT2D eigenvalue weighted by atomic mass is 9.80. The van der Waals surface area contributed by atoms with Crippen LogP contribution in [0.4, 0.5) is 25.1 Å². The van der Waals surface area contributed by atoms with Crippen molar-refractivity contribution < 1.29 is 23.1 Å². The van der Waals surface area contributed by atoms with Crippen LogP contribution in [0.5, 0.6) is 11.5 Å². The number of anilines is 2. The van der Waals surface area contributed by atoms with Crippen LogP contribution < -0.4 is 25.2 Å². The van der Waals surface area contributed by atoms with Crippen LogP contribution in [0.15, 0.2) is 53.6 Å². The van der Waals surface area contributed by atoms with Gasteiger partial charge < -0.3 is 9.46 Å². The van der Waals surface area contributed by atoms with E-state index in [1.54, 1.807) is 40.8 Å². The second-order valence-corrected chi connectivity index (χ2v) is 16.7. The van der Waals surface area contributed by atoms with Gasteiger partial charge in [-0.25, -0.2) is 22.9 Å². The molecule has 5 aromatic rings. The van der Waals surface area contributed by atoms with Crippen LogP contribution in [0.2, 0.25) is 0 Å². The van der Waals surface area contributed by atoms with Crippen molar-refractivity contribution >= 4 is 57.4 Å². The zero-order valence-electron chi connectivity index (χ0n) is 32.2. The Morgan fingerprint density at radius 3 is 2.53 bits per heavy atom. The minimum Gasteiger partial charge on any atom is -0.453 e. The van der Waals surface area contributed by atoms with Crippen LogP contribution >= 0.6 is 12.1 Å². The fraction of sp³-hybridized carbons (Fsp3) is 0.415. The van der Waals surface area contributed by atoms with Crippen molar-refractivity contribution in [1.82, 2.24) is 33.9 Å². The molecule has 4 heterocycles. The van der Waals surface area contributed by atoms with Crippen molar-refractivity contribution in [3.63, 3.8) is 0 Å². The molecule has 2 aliphatic heterocycles. The van der Waals surface area contributed by atoms with Crippen molar-refractivity contribution in [3.8, 4) is 17.6 Å². The van der Waals surface area contributed by atoms with E-state index >= 15 is 8.78 Å². The number of rotatable bonds is 10. The number of nitrogens with zero attached hydrogens (tertiary/aromatic N) is 8. The average Bonchev–Trinajstić information content (AvgIpc) is 3.52. The molecule has 300 valence electrons. The number of hydrogen-bond donors (Lipinski definition) is 2. The summed E-state index contributed by atoms with van der Waals surface area (Å²) in [5, 5.41) is 17.6. The maximum Gasteiger partial charge on any atom is 0.329 e. The number of likely N-dealkylation sites (tertiary alicyclic amines) is 1. The lowest BCUT2D eigenvalue weighted by molar-refractivity contribution is -0.120. The number of aromatic nitrogens is 4. The summed E-state index contributed by atoms with van der Waals surface area (Å²) in [6.07, 6.45) is 5.34. The Kier molecular flexibility index (Phi) is 9.81. The van der Waals surface area contributed by atoms with Crippen LogP contribution in [-0.4, -0.2) is 79.7 Å². The van der Waals surface area contributed by atoms with E-state index in [0.717, 1.165) is 50.8 Å². The Hall–Kier alpha value is -5.57. The highest BCUT2D eigenvalue weighted by molar-refractivity contribution is 7.98. The first-order valence-corrected chi connectivity index (χ1v) is 20.4. The van der Waals surface area contributed by atoms with Gasteiger partial charge in [0.05, 0.1) is 28.4 Å². The predicted molar refractivity (Wildman–Crippen MR) is 215 cm³/mol. The Morgan fingerprint density at radius 2 is 1.81 bits per heavy atom. The minimum atomic E-state index is -0.692. The summed E-state index contributed by atoms with van der Waals surface area (Å²) in [6.45, 7) is 4.68. The normalized spacial score (nSPS) is 23.3. The number of piperidine rings is 1. The highest BCUT2D eigenvalue weighted by Gasteiger charge is 2.58. The monoisotopic (exact) mass is 808 g/mol. The molecule has 4 fully saturated rings. The van der Waals surface area contributed by atoms with Gasteiger partial charge in [0.1, 0.15) is 23.2 Å². The second kappa shape index (κ2) is 15.0. The SMILES string of the molecule is CCN(C)SNc1ccc(F)c(Oc2ccc3ncn(C4C5CN(C6CCC(c7cc8c(cc7F)c(N7CCC(=O)NC7=O)nn8C)CC6)CC54)c(=O)c3c2)c1C#N. The number of nitrogens with one attached hydrogen (secondary N) is 2. The van der Waals surface area contributed by atoms with E-state index in [4.69, 9.17) is 4.74 Å². The van der Waals surface area contributed by atoms with Crippen LogP contribution in [0.3, 0.4) is 0 Å². The molecule has 2 atom stereocenters. The molecule has 2 aliphatic carbocycles. The van der Waals surface area contributed by atoms with Gasteiger partial charge in [0, 0.05) is 69.3 Å². The average molecular weight is 809 g/mol. The molecule has 2 unspecified atom stereocenters. The number of nitriles is 1. The first-order valence-electron chi connectivity index (χ1n) is 19.6. The molecule has 9 rings (SSSR count). The third-order valence-corrected chi connectivity index (χ3v) is 13.2. The molecule has 2 saturated carbocycles. The summed E-state index contributed by atoms with van der Waals surface area (Å²) in [4.78, 5) is 46.6. The first kappa shape index (κ1) is 38.0. The second-order valence-electron chi connectivity index (χ2n) is 15.7. The maximum atomic E-state index is 15.8. The number of carbonyl (C=O) groups is 2. The lowest BCUT2D eigenvalue weighted by Gasteiger charge is -2.36. The van der Waals surface area contributed by atoms with Crippen molar-refractivity contribution in [2.24, 2.45) is 18.9 Å². The van der Waals surface area contributed by atoms with Crippen molar-refractivity contribution in [2.75, 3.05) is 42.8 Å². The summed E-state index contributed by atoms with van der Waals surface area (Å²) in [6, 6.07) is 12.8. The topological polar surface area (TPSA) is 154 Å². The Labute approximate surface area is 337 Å². The first-order chi connectivity index (χ1) is 28.0. The van der Waals surface area contributed by atoms with Gasteiger partial charge in [0.2, 0.25) is 5.91 Å². The molecule has 0 bridgehead atoms. The number of carbonyl (C=O) groups excluding carboxylic acids is 2. The number of urea groups is 1. The molecule has 4 aliphatic rings. The molecule has 17 heteroatoms. The highest BCUT2D eigenvalue weighted by atomic mass is 32.2. The van der Waals surface area contributed by atoms with Gasteiger partial charge in [-0.15, -0.1) is 0 Å². The van der Waals surface area contributed by atoms with Crippen LogP contribution in [0, 0.1) is 34.8 Å². The fourth-order valence-electron chi connectivity index (χ4n) is 9.10. The van der Waals surface area contributed by atoms with Gasteiger partial charge in [0.15, 0.2) is 17.4 Å². The van der Waals surface area contributed by atoms with E-state index < -0.39 is 11.8 Å². The molecular formula is C41H42F2N10O4S. The Bertz CT molecular complexity index is 2570. The van der Waals surface area contributed by atoms with Gasteiger partial charge in [-0.2, -0.15) is 10.4 Å². The van der Waals surface area contributed by atoms with Crippen molar-refractivity contribution in [3.05, 3.63) is 81.9 Å². The van der Waals surface area contributed by atoms with Crippen molar-refractivity contribution in [1.29, 1.82) is 5.26 Å². The molecular weight excluding hydrogens is 767 g/mol. The summed E-state index contributed by atoms with van der Waals surface area (Å²) < 4.78 is 45.1. The standard InChI is InChI=1S/C41H42F2N10O4S/c1-4-49(2)58-48-34-12-10-31(42)38(28(34)18-44)57-24-9-11-33-26(15-24)40(55)53(21-45-33)37-29-19-51(20-30(29)37)23-7-5-22(6-8-23)25-17-35-27(16-32(25)43)39(47-50(35)3)52-14-13-36(54)46-41(52)56/h9-12,15-17,21-23,29-30,37,48H,4-8,13-14,19-20H2,1-3H3,(H,46,54,56). The van der Waals surface area contributed by atoms with Crippen molar-refractivity contribution in [2.45, 2.75) is 57.0 Å². The van der Waals surface area contributed by atoms with E-state index in [9.17, 15) is 19.6 Å². The largest absolute Gasteiger partial charge is 0.453 e. The molecule has 2 saturated heterocycles. The number of amides is 3. The molecule has 0 spiro atoms.